The second kappa shape index (κ2) is 4.31. The number of benzene rings is 2. The summed E-state index contributed by atoms with van der Waals surface area (Å²) >= 11 is 0. The molecule has 0 fully saturated rings. The van der Waals surface area contributed by atoms with E-state index in [1.807, 2.05) is 30.3 Å². The molecule has 2 rings (SSSR count). The molecule has 0 heterocycles. The molecule has 84 valence electrons. The van der Waals surface area contributed by atoms with E-state index in [4.69, 9.17) is 14.2 Å². The van der Waals surface area contributed by atoms with Gasteiger partial charge in [0.15, 0.2) is 11.5 Å². The summed E-state index contributed by atoms with van der Waals surface area (Å²) in [6, 6.07) is 9.75. The molecule has 0 aromatic heterocycles. The fourth-order valence-electron chi connectivity index (χ4n) is 1.83. The van der Waals surface area contributed by atoms with Crippen molar-refractivity contribution in [2.75, 3.05) is 21.3 Å². The molecule has 3 heteroatoms. The largest absolute Gasteiger partial charge is 0.496 e. The van der Waals surface area contributed by atoms with Crippen LogP contribution < -0.4 is 14.2 Å². The molecule has 0 unspecified atom stereocenters. The Morgan fingerprint density at radius 1 is 0.750 bits per heavy atom. The Morgan fingerprint density at radius 3 is 2.12 bits per heavy atom. The van der Waals surface area contributed by atoms with E-state index in [-0.39, 0.29) is 0 Å². The summed E-state index contributed by atoms with van der Waals surface area (Å²) in [5, 5.41) is 2.00. The summed E-state index contributed by atoms with van der Waals surface area (Å²) < 4.78 is 16.0. The first-order valence-corrected chi connectivity index (χ1v) is 4.99. The molecule has 3 nitrogen and oxygen atoms in total. The molecular formula is C13H14O3. The number of hydrogen-bond donors (Lipinski definition) is 0. The number of rotatable bonds is 3. The van der Waals surface area contributed by atoms with Gasteiger partial charge in [-0.2, -0.15) is 0 Å². The molecule has 0 amide bonds. The molecule has 2 aromatic rings. The van der Waals surface area contributed by atoms with Gasteiger partial charge in [-0.3, -0.25) is 0 Å². The topological polar surface area (TPSA) is 27.7 Å². The van der Waals surface area contributed by atoms with E-state index < -0.39 is 0 Å². The second-order valence-corrected chi connectivity index (χ2v) is 3.36. The van der Waals surface area contributed by atoms with Crippen molar-refractivity contribution < 1.29 is 14.2 Å². The smallest absolute Gasteiger partial charge is 0.172 e. The third-order valence-electron chi connectivity index (χ3n) is 2.57. The van der Waals surface area contributed by atoms with Crippen LogP contribution in [-0.4, -0.2) is 21.3 Å². The summed E-state index contributed by atoms with van der Waals surface area (Å²) in [4.78, 5) is 0. The van der Waals surface area contributed by atoms with Gasteiger partial charge in [0.05, 0.1) is 26.7 Å². The first kappa shape index (κ1) is 10.6. The van der Waals surface area contributed by atoms with Gasteiger partial charge < -0.3 is 14.2 Å². The summed E-state index contributed by atoms with van der Waals surface area (Å²) in [5.74, 6) is 2.20. The highest BCUT2D eigenvalue weighted by molar-refractivity contribution is 5.95. The van der Waals surface area contributed by atoms with E-state index in [9.17, 15) is 0 Å². The lowest BCUT2D eigenvalue weighted by Gasteiger charge is -2.13. The van der Waals surface area contributed by atoms with Gasteiger partial charge in [0, 0.05) is 0 Å². The van der Waals surface area contributed by atoms with Gasteiger partial charge in [0.1, 0.15) is 5.75 Å². The molecule has 0 spiro atoms. The van der Waals surface area contributed by atoms with E-state index >= 15 is 0 Å². The number of fused-ring (bicyclic) bond motifs is 1. The van der Waals surface area contributed by atoms with Gasteiger partial charge in [-0.25, -0.2) is 0 Å². The van der Waals surface area contributed by atoms with Crippen LogP contribution in [0.5, 0.6) is 17.2 Å². The minimum Gasteiger partial charge on any atom is -0.496 e. The predicted molar refractivity (Wildman–Crippen MR) is 63.6 cm³/mol. The molecule has 0 atom stereocenters. The van der Waals surface area contributed by atoms with E-state index in [0.717, 1.165) is 16.5 Å². The predicted octanol–water partition coefficient (Wildman–Crippen LogP) is 2.87. The number of methoxy groups -OCH3 is 3. The Kier molecular flexibility index (Phi) is 2.86. The average Bonchev–Trinajstić information content (AvgIpc) is 2.36. The minimum absolute atomic E-state index is 0.706. The minimum atomic E-state index is 0.706. The maximum atomic E-state index is 5.39. The maximum Gasteiger partial charge on any atom is 0.172 e. The fraction of sp³-hybridized carbons (Fsp3) is 0.231. The van der Waals surface area contributed by atoms with Crippen LogP contribution >= 0.6 is 0 Å². The summed E-state index contributed by atoms with van der Waals surface area (Å²) in [7, 11) is 4.90. The zero-order valence-corrected chi connectivity index (χ0v) is 9.61. The highest BCUT2D eigenvalue weighted by Crippen LogP contribution is 2.40. The third kappa shape index (κ3) is 1.54. The van der Waals surface area contributed by atoms with Crippen LogP contribution in [0, 0.1) is 0 Å². The van der Waals surface area contributed by atoms with Crippen molar-refractivity contribution >= 4 is 10.8 Å². The lowest BCUT2D eigenvalue weighted by molar-refractivity contribution is 0.356. The van der Waals surface area contributed by atoms with Crippen LogP contribution in [0.4, 0.5) is 0 Å². The zero-order valence-electron chi connectivity index (χ0n) is 9.61. The number of ether oxygens (including phenoxy) is 3. The Morgan fingerprint density at radius 2 is 1.50 bits per heavy atom. The van der Waals surface area contributed by atoms with Crippen molar-refractivity contribution in [3.8, 4) is 17.2 Å². The molecular weight excluding hydrogens is 204 g/mol. The monoisotopic (exact) mass is 218 g/mol. The summed E-state index contributed by atoms with van der Waals surface area (Å²) in [5.41, 5.74) is 0. The maximum absolute atomic E-state index is 5.39. The van der Waals surface area contributed by atoms with Crippen molar-refractivity contribution in [1.82, 2.24) is 0 Å². The fourth-order valence-corrected chi connectivity index (χ4v) is 1.83. The number of hydrogen-bond acceptors (Lipinski definition) is 3. The standard InChI is InChI=1S/C13H14O3/c1-14-10-6-4-5-9-7-8-11(15-2)13(16-3)12(9)10/h4-8H,1-3H3. The lowest BCUT2D eigenvalue weighted by atomic mass is 10.1. The molecule has 2 aromatic carbocycles. The van der Waals surface area contributed by atoms with E-state index in [2.05, 4.69) is 0 Å². The molecule has 0 radical (unpaired) electrons. The average molecular weight is 218 g/mol. The zero-order chi connectivity index (χ0) is 11.5. The first-order chi connectivity index (χ1) is 7.81. The van der Waals surface area contributed by atoms with Crippen LogP contribution in [0.1, 0.15) is 0 Å². The van der Waals surface area contributed by atoms with Crippen molar-refractivity contribution in [3.63, 3.8) is 0 Å². The van der Waals surface area contributed by atoms with Crippen molar-refractivity contribution in [3.05, 3.63) is 30.3 Å². The third-order valence-corrected chi connectivity index (χ3v) is 2.57. The van der Waals surface area contributed by atoms with Crippen molar-refractivity contribution in [1.29, 1.82) is 0 Å². The summed E-state index contributed by atoms with van der Waals surface area (Å²) in [6.45, 7) is 0. The molecule has 0 bridgehead atoms. The molecule has 0 saturated carbocycles. The molecule has 0 N–H and O–H groups in total. The van der Waals surface area contributed by atoms with Crippen LogP contribution in [0.2, 0.25) is 0 Å². The SMILES string of the molecule is COc1ccc2cccc(OC)c2c1OC. The van der Waals surface area contributed by atoms with E-state index in [0.29, 0.717) is 11.5 Å². The van der Waals surface area contributed by atoms with Crippen LogP contribution in [0.15, 0.2) is 30.3 Å². The van der Waals surface area contributed by atoms with Gasteiger partial charge in [0.25, 0.3) is 0 Å². The summed E-state index contributed by atoms with van der Waals surface area (Å²) in [6.07, 6.45) is 0. The van der Waals surface area contributed by atoms with Gasteiger partial charge in [-0.05, 0) is 17.5 Å². The van der Waals surface area contributed by atoms with Gasteiger partial charge in [-0.15, -0.1) is 0 Å². The molecule has 0 aliphatic rings. The Bertz CT molecular complexity index is 506. The Hall–Kier alpha value is -1.90. The van der Waals surface area contributed by atoms with Gasteiger partial charge in [0.2, 0.25) is 0 Å². The lowest BCUT2D eigenvalue weighted by Crippen LogP contribution is -1.93. The Balaban J connectivity index is 2.83. The van der Waals surface area contributed by atoms with E-state index in [1.165, 1.54) is 0 Å². The molecule has 16 heavy (non-hydrogen) atoms. The quantitative estimate of drug-likeness (QED) is 0.792. The molecule has 0 aliphatic heterocycles. The first-order valence-electron chi connectivity index (χ1n) is 4.99. The molecule has 0 aliphatic carbocycles. The van der Waals surface area contributed by atoms with Crippen LogP contribution in [0.3, 0.4) is 0 Å². The highest BCUT2D eigenvalue weighted by atomic mass is 16.5. The molecule has 0 saturated heterocycles. The van der Waals surface area contributed by atoms with Crippen LogP contribution in [-0.2, 0) is 0 Å². The van der Waals surface area contributed by atoms with Crippen molar-refractivity contribution in [2.24, 2.45) is 0 Å². The van der Waals surface area contributed by atoms with Crippen molar-refractivity contribution in [2.45, 2.75) is 0 Å². The highest BCUT2D eigenvalue weighted by Gasteiger charge is 2.12. The van der Waals surface area contributed by atoms with Crippen LogP contribution in [0.25, 0.3) is 10.8 Å². The van der Waals surface area contributed by atoms with E-state index in [1.54, 1.807) is 21.3 Å². The van der Waals surface area contributed by atoms with Gasteiger partial charge >= 0.3 is 0 Å². The van der Waals surface area contributed by atoms with Gasteiger partial charge in [-0.1, -0.05) is 18.2 Å². The normalized spacial score (nSPS) is 10.2. The Labute approximate surface area is 94.5 Å². The second-order valence-electron chi connectivity index (χ2n) is 3.36.